The van der Waals surface area contributed by atoms with Gasteiger partial charge in [-0.25, -0.2) is 38.4 Å². The van der Waals surface area contributed by atoms with Crippen LogP contribution in [0.3, 0.4) is 0 Å². The fourth-order valence-corrected chi connectivity index (χ4v) is 4.74. The van der Waals surface area contributed by atoms with E-state index in [4.69, 9.17) is 9.47 Å². The Labute approximate surface area is 254 Å². The average molecular weight is 644 g/mol. The van der Waals surface area contributed by atoms with Crippen LogP contribution in [0.25, 0.3) is 0 Å². The molecule has 240 valence electrons. The van der Waals surface area contributed by atoms with E-state index in [2.05, 4.69) is 0 Å². The van der Waals surface area contributed by atoms with Gasteiger partial charge in [0.05, 0.1) is 56.3 Å². The first-order valence-corrected chi connectivity index (χ1v) is 12.7. The van der Waals surface area contributed by atoms with E-state index in [1.165, 1.54) is 0 Å². The van der Waals surface area contributed by atoms with Crippen molar-refractivity contribution in [2.24, 2.45) is 11.8 Å². The molecular formula is C28H20O18. The van der Waals surface area contributed by atoms with Crippen molar-refractivity contribution in [2.45, 2.75) is 25.7 Å². The van der Waals surface area contributed by atoms with Crippen molar-refractivity contribution >= 4 is 59.7 Å². The Kier molecular flexibility index (Phi) is 9.95. The van der Waals surface area contributed by atoms with Crippen LogP contribution in [0.15, 0.2) is 24.3 Å². The molecule has 1 aliphatic carbocycles. The number of esters is 4. The van der Waals surface area contributed by atoms with Crippen LogP contribution < -0.4 is 0 Å². The maximum Gasteiger partial charge on any atom is 0.346 e. The molecule has 2 unspecified atom stereocenters. The lowest BCUT2D eigenvalue weighted by atomic mass is 9.79. The quantitative estimate of drug-likeness (QED) is 0.158. The van der Waals surface area contributed by atoms with Gasteiger partial charge >= 0.3 is 59.7 Å². The third kappa shape index (κ3) is 7.01. The van der Waals surface area contributed by atoms with Crippen LogP contribution in [-0.4, -0.2) is 90.3 Å². The monoisotopic (exact) mass is 644 g/mol. The van der Waals surface area contributed by atoms with Gasteiger partial charge in [0.15, 0.2) is 0 Å². The number of carboxylic acid groups (broad SMARTS) is 6. The number of hydrogen-bond donors (Lipinski definition) is 6. The van der Waals surface area contributed by atoms with Gasteiger partial charge in [-0.1, -0.05) is 12.8 Å². The van der Waals surface area contributed by atoms with E-state index in [0.29, 0.717) is 24.3 Å². The molecule has 0 amide bonds. The number of rotatable bonds is 10. The SMILES string of the molecule is O=C(O)c1cc(C(=O)O)c(C(=O)OC(=O)C2CCCCC2C(=O)OC(=O)c2cc(C(=O)O)c(C(=O)O)cc2C(=O)O)cc1C(=O)O. The maximum atomic E-state index is 13.0. The van der Waals surface area contributed by atoms with E-state index >= 15 is 0 Å². The molecule has 3 rings (SSSR count). The number of carboxylic acids is 6. The summed E-state index contributed by atoms with van der Waals surface area (Å²) in [5.41, 5.74) is -8.01. The highest BCUT2D eigenvalue weighted by Crippen LogP contribution is 2.33. The molecule has 18 nitrogen and oxygen atoms in total. The fraction of sp³-hybridized carbons (Fsp3) is 0.214. The van der Waals surface area contributed by atoms with Crippen molar-refractivity contribution < 1.29 is 88.1 Å². The lowest BCUT2D eigenvalue weighted by Gasteiger charge is -2.27. The van der Waals surface area contributed by atoms with Crippen LogP contribution in [0.4, 0.5) is 0 Å². The lowest BCUT2D eigenvalue weighted by molar-refractivity contribution is -0.156. The molecule has 1 saturated carbocycles. The molecule has 0 heterocycles. The standard InChI is InChI=1S/C28H20O18/c29-19(30)11-5-15(23(37)38)17(7-13(11)21(33)34)27(43)45-25(41)9-3-1-2-4-10(9)26(42)46-28(44)18-8-14(22(35)36)12(20(31)32)6-16(18)24(39)40/h5-10H,1-4H2,(H,29,30)(H,31,32)(H,33,34)(H,35,36)(H,37,38)(H,39,40). The van der Waals surface area contributed by atoms with Gasteiger partial charge in [0.2, 0.25) is 0 Å². The normalized spacial score (nSPS) is 15.6. The Balaban J connectivity index is 1.91. The molecule has 18 heteroatoms. The highest BCUT2D eigenvalue weighted by Gasteiger charge is 2.41. The predicted octanol–water partition coefficient (Wildman–Crippen LogP) is 1.75. The Morgan fingerprint density at radius 2 is 0.630 bits per heavy atom. The first kappa shape index (κ1) is 34.0. The van der Waals surface area contributed by atoms with Crippen LogP contribution in [0.2, 0.25) is 0 Å². The first-order valence-electron chi connectivity index (χ1n) is 12.7. The van der Waals surface area contributed by atoms with E-state index < -0.39 is 116 Å². The Hall–Kier alpha value is -6.46. The molecule has 0 saturated heterocycles. The summed E-state index contributed by atoms with van der Waals surface area (Å²) in [7, 11) is 0. The maximum absolute atomic E-state index is 13.0. The third-order valence-electron chi connectivity index (χ3n) is 6.90. The number of carbonyl (C=O) groups excluding carboxylic acids is 4. The van der Waals surface area contributed by atoms with Crippen LogP contribution in [0.5, 0.6) is 0 Å². The summed E-state index contributed by atoms with van der Waals surface area (Å²) in [6.07, 6.45) is 0.288. The van der Waals surface area contributed by atoms with E-state index in [9.17, 15) is 78.6 Å². The predicted molar refractivity (Wildman–Crippen MR) is 141 cm³/mol. The van der Waals surface area contributed by atoms with Crippen molar-refractivity contribution in [3.05, 3.63) is 68.8 Å². The number of carbonyl (C=O) groups is 10. The van der Waals surface area contributed by atoms with Crippen molar-refractivity contribution in [2.75, 3.05) is 0 Å². The molecular weight excluding hydrogens is 624 g/mol. The zero-order valence-corrected chi connectivity index (χ0v) is 22.9. The number of hydrogen-bond acceptors (Lipinski definition) is 12. The van der Waals surface area contributed by atoms with Gasteiger partial charge in [0, 0.05) is 0 Å². The molecule has 0 spiro atoms. The zero-order valence-electron chi connectivity index (χ0n) is 22.9. The number of benzene rings is 2. The summed E-state index contributed by atoms with van der Waals surface area (Å²) in [5.74, 6) is -20.4. The van der Waals surface area contributed by atoms with Gasteiger partial charge in [-0.15, -0.1) is 0 Å². The highest BCUT2D eigenvalue weighted by molar-refractivity contribution is 6.12. The summed E-state index contributed by atoms with van der Waals surface area (Å²) in [6.45, 7) is 0. The van der Waals surface area contributed by atoms with E-state index in [1.54, 1.807) is 0 Å². The van der Waals surface area contributed by atoms with Gasteiger partial charge in [0.25, 0.3) is 0 Å². The molecule has 46 heavy (non-hydrogen) atoms. The second-order valence-electron chi connectivity index (χ2n) is 9.63. The molecule has 0 aliphatic heterocycles. The molecule has 0 bridgehead atoms. The minimum atomic E-state index is -1.88. The smallest absolute Gasteiger partial charge is 0.346 e. The summed E-state index contributed by atoms with van der Waals surface area (Å²) in [6, 6.07) is 1.53. The summed E-state index contributed by atoms with van der Waals surface area (Å²) >= 11 is 0. The Morgan fingerprint density at radius 1 is 0.413 bits per heavy atom. The molecule has 2 aromatic rings. The lowest BCUT2D eigenvalue weighted by Crippen LogP contribution is -2.37. The number of aromatic carboxylic acids is 6. The van der Waals surface area contributed by atoms with Crippen molar-refractivity contribution in [1.29, 1.82) is 0 Å². The second-order valence-corrected chi connectivity index (χ2v) is 9.63. The molecule has 0 radical (unpaired) electrons. The van der Waals surface area contributed by atoms with Gasteiger partial charge in [-0.05, 0) is 37.1 Å². The van der Waals surface area contributed by atoms with Crippen LogP contribution in [-0.2, 0) is 19.1 Å². The molecule has 0 aromatic heterocycles. The molecule has 1 fully saturated rings. The zero-order chi connectivity index (χ0) is 34.6. The van der Waals surface area contributed by atoms with Crippen molar-refractivity contribution in [1.82, 2.24) is 0 Å². The van der Waals surface area contributed by atoms with Crippen LogP contribution >= 0.6 is 0 Å². The van der Waals surface area contributed by atoms with Crippen LogP contribution in [0, 0.1) is 11.8 Å². The Morgan fingerprint density at radius 3 is 0.870 bits per heavy atom. The average Bonchev–Trinajstić information content (AvgIpc) is 2.98. The fourth-order valence-electron chi connectivity index (χ4n) is 4.74. The van der Waals surface area contributed by atoms with Gasteiger partial charge in [0.1, 0.15) is 0 Å². The molecule has 6 N–H and O–H groups in total. The minimum absolute atomic E-state index is 0.138. The highest BCUT2D eigenvalue weighted by atomic mass is 16.6. The first-order chi connectivity index (χ1) is 21.5. The number of ether oxygens (including phenoxy) is 2. The summed E-state index contributed by atoms with van der Waals surface area (Å²) in [4.78, 5) is 121. The molecule has 1 aliphatic rings. The van der Waals surface area contributed by atoms with Gasteiger partial charge < -0.3 is 40.1 Å². The summed E-state index contributed by atoms with van der Waals surface area (Å²) in [5, 5.41) is 56.0. The summed E-state index contributed by atoms with van der Waals surface area (Å²) < 4.78 is 9.45. The van der Waals surface area contributed by atoms with Gasteiger partial charge in [-0.2, -0.15) is 0 Å². The van der Waals surface area contributed by atoms with Crippen LogP contribution in [0.1, 0.15) is 109 Å². The van der Waals surface area contributed by atoms with E-state index in [1.807, 2.05) is 0 Å². The third-order valence-corrected chi connectivity index (χ3v) is 6.90. The second kappa shape index (κ2) is 13.5. The van der Waals surface area contributed by atoms with E-state index in [-0.39, 0.29) is 25.7 Å². The molecule has 2 aromatic carbocycles. The molecule has 2 atom stereocenters. The van der Waals surface area contributed by atoms with Crippen molar-refractivity contribution in [3.63, 3.8) is 0 Å². The Bertz CT molecular complexity index is 1620. The van der Waals surface area contributed by atoms with Crippen molar-refractivity contribution in [3.8, 4) is 0 Å². The minimum Gasteiger partial charge on any atom is -0.478 e. The van der Waals surface area contributed by atoms with E-state index in [0.717, 1.165) is 0 Å². The largest absolute Gasteiger partial charge is 0.478 e. The topological polar surface area (TPSA) is 311 Å². The van der Waals surface area contributed by atoms with Gasteiger partial charge in [-0.3, -0.25) is 9.59 Å².